The normalized spacial score (nSPS) is 21.8. The second-order valence-corrected chi connectivity index (χ2v) is 8.71. The molecule has 0 aliphatic carbocycles. The molecule has 2 atom stereocenters. The molecular weight excluding hydrogens is 406 g/mol. The summed E-state index contributed by atoms with van der Waals surface area (Å²) < 4.78 is 11.1. The maximum atomic E-state index is 13.5. The lowest BCUT2D eigenvalue weighted by Gasteiger charge is -2.47. The summed E-state index contributed by atoms with van der Waals surface area (Å²) in [6.45, 7) is 3.04. The third kappa shape index (κ3) is 2.80. The third-order valence-corrected chi connectivity index (χ3v) is 6.84. The van der Waals surface area contributed by atoms with Crippen molar-refractivity contribution >= 4 is 22.7 Å². The Hall–Kier alpha value is -3.48. The lowest BCUT2D eigenvalue weighted by atomic mass is 9.86. The van der Waals surface area contributed by atoms with E-state index in [-0.39, 0.29) is 31.2 Å². The first kappa shape index (κ1) is 19.2. The van der Waals surface area contributed by atoms with Gasteiger partial charge >= 0.3 is 0 Å². The fourth-order valence-electron chi connectivity index (χ4n) is 5.29. The van der Waals surface area contributed by atoms with Gasteiger partial charge in [0.25, 0.3) is 0 Å². The van der Waals surface area contributed by atoms with E-state index < -0.39 is 6.04 Å². The molecule has 0 saturated carbocycles. The van der Waals surface area contributed by atoms with Crippen LogP contribution in [0.25, 0.3) is 10.9 Å². The summed E-state index contributed by atoms with van der Waals surface area (Å²) in [6, 6.07) is 13.0. The second kappa shape index (κ2) is 7.29. The van der Waals surface area contributed by atoms with Crippen molar-refractivity contribution in [3.8, 4) is 11.5 Å². The van der Waals surface area contributed by atoms with Crippen LogP contribution in [-0.4, -0.2) is 52.5 Å². The molecule has 1 fully saturated rings. The molecule has 164 valence electrons. The number of H-pyrrole nitrogens is 1. The van der Waals surface area contributed by atoms with Crippen LogP contribution in [-0.2, 0) is 16.0 Å². The number of aromatic amines is 1. The summed E-state index contributed by atoms with van der Waals surface area (Å²) in [6.07, 6.45) is 2.40. The van der Waals surface area contributed by atoms with Crippen molar-refractivity contribution in [3.05, 3.63) is 59.3 Å². The topological polar surface area (TPSA) is 74.9 Å². The average Bonchev–Trinajstić information content (AvgIpc) is 3.43. The van der Waals surface area contributed by atoms with Crippen LogP contribution in [0.3, 0.4) is 0 Å². The first-order valence-electron chi connectivity index (χ1n) is 11.2. The number of aromatic nitrogens is 1. The molecule has 2 aromatic carbocycles. The number of ether oxygens (including phenoxy) is 2. The van der Waals surface area contributed by atoms with E-state index in [0.29, 0.717) is 24.5 Å². The fourth-order valence-corrected chi connectivity index (χ4v) is 5.29. The smallest absolute Gasteiger partial charge is 0.246 e. The van der Waals surface area contributed by atoms with Crippen LogP contribution in [0, 0.1) is 0 Å². The Morgan fingerprint density at radius 1 is 1.09 bits per heavy atom. The fraction of sp³-hybridized carbons (Fsp3) is 0.360. The molecule has 2 amide bonds. The highest BCUT2D eigenvalue weighted by atomic mass is 16.7. The van der Waals surface area contributed by atoms with Gasteiger partial charge in [-0.15, -0.1) is 0 Å². The van der Waals surface area contributed by atoms with E-state index in [4.69, 9.17) is 9.47 Å². The van der Waals surface area contributed by atoms with Crippen molar-refractivity contribution in [2.75, 3.05) is 19.9 Å². The number of unbranched alkanes of at least 4 members (excludes halogenated alkanes) is 1. The van der Waals surface area contributed by atoms with E-state index in [0.717, 1.165) is 40.6 Å². The van der Waals surface area contributed by atoms with Gasteiger partial charge in [-0.2, -0.15) is 0 Å². The molecule has 0 spiro atoms. The summed E-state index contributed by atoms with van der Waals surface area (Å²) in [4.78, 5) is 34.1. The Balaban J connectivity index is 1.51. The molecule has 0 radical (unpaired) electrons. The summed E-state index contributed by atoms with van der Waals surface area (Å²) in [5.74, 6) is 1.39. The van der Waals surface area contributed by atoms with Crippen molar-refractivity contribution in [2.45, 2.75) is 38.3 Å². The molecule has 3 aliphatic rings. The van der Waals surface area contributed by atoms with E-state index >= 15 is 0 Å². The maximum Gasteiger partial charge on any atom is 0.246 e. The summed E-state index contributed by atoms with van der Waals surface area (Å²) in [7, 11) is 0. The van der Waals surface area contributed by atoms with E-state index in [2.05, 4.69) is 18.0 Å². The number of nitrogens with one attached hydrogen (secondary N) is 1. The minimum atomic E-state index is -0.504. The van der Waals surface area contributed by atoms with Gasteiger partial charge in [0.05, 0.1) is 12.6 Å². The van der Waals surface area contributed by atoms with Crippen molar-refractivity contribution in [3.63, 3.8) is 0 Å². The SMILES string of the molecule is CCCCN1CC(=O)N2[C@@H](c3ccc4c(c3)OCO4)c3[nH]c4ccccc4c3C[C@H]2C1=O. The van der Waals surface area contributed by atoms with E-state index in [1.165, 1.54) is 0 Å². The number of rotatable bonds is 4. The largest absolute Gasteiger partial charge is 0.454 e. The number of fused-ring (bicyclic) bond motifs is 5. The number of hydrogen-bond acceptors (Lipinski definition) is 4. The number of amides is 2. The molecule has 1 aromatic heterocycles. The van der Waals surface area contributed by atoms with Crippen LogP contribution in [0.15, 0.2) is 42.5 Å². The van der Waals surface area contributed by atoms with Crippen molar-refractivity contribution in [1.82, 2.24) is 14.8 Å². The van der Waals surface area contributed by atoms with Gasteiger partial charge in [-0.1, -0.05) is 37.6 Å². The predicted octanol–water partition coefficient (Wildman–Crippen LogP) is 3.38. The van der Waals surface area contributed by atoms with Crippen LogP contribution in [0.5, 0.6) is 11.5 Å². The number of para-hydroxylation sites is 1. The Bertz CT molecular complexity index is 1230. The van der Waals surface area contributed by atoms with Crippen molar-refractivity contribution in [1.29, 1.82) is 0 Å². The highest BCUT2D eigenvalue weighted by Crippen LogP contribution is 2.44. The lowest BCUT2D eigenvalue weighted by Crippen LogP contribution is -2.63. The molecule has 7 nitrogen and oxygen atoms in total. The van der Waals surface area contributed by atoms with Crippen LogP contribution < -0.4 is 9.47 Å². The lowest BCUT2D eigenvalue weighted by molar-refractivity contribution is -0.158. The first-order chi connectivity index (χ1) is 15.7. The Kier molecular flexibility index (Phi) is 4.38. The molecule has 1 N–H and O–H groups in total. The summed E-state index contributed by atoms with van der Waals surface area (Å²) >= 11 is 0. The van der Waals surface area contributed by atoms with Crippen molar-refractivity contribution in [2.24, 2.45) is 0 Å². The number of carbonyl (C=O) groups excluding carboxylic acids is 2. The molecule has 0 unspecified atom stereocenters. The van der Waals surface area contributed by atoms with Gasteiger partial charge in [0, 0.05) is 29.6 Å². The molecule has 4 heterocycles. The maximum absolute atomic E-state index is 13.5. The number of benzene rings is 2. The first-order valence-corrected chi connectivity index (χ1v) is 11.2. The zero-order chi connectivity index (χ0) is 21.8. The Morgan fingerprint density at radius 3 is 2.81 bits per heavy atom. The molecule has 0 bridgehead atoms. The molecule has 3 aliphatic heterocycles. The Morgan fingerprint density at radius 2 is 1.94 bits per heavy atom. The zero-order valence-corrected chi connectivity index (χ0v) is 18.0. The average molecular weight is 431 g/mol. The van der Waals surface area contributed by atoms with E-state index in [1.807, 2.05) is 36.4 Å². The molecule has 3 aromatic rings. The highest BCUT2D eigenvalue weighted by Gasteiger charge is 2.48. The number of piperazine rings is 1. The van der Waals surface area contributed by atoms with Gasteiger partial charge in [-0.3, -0.25) is 9.59 Å². The molecule has 32 heavy (non-hydrogen) atoms. The third-order valence-electron chi connectivity index (χ3n) is 6.84. The number of hydrogen-bond donors (Lipinski definition) is 1. The minimum absolute atomic E-state index is 0.0160. The van der Waals surface area contributed by atoms with Crippen molar-refractivity contribution < 1.29 is 19.1 Å². The van der Waals surface area contributed by atoms with Gasteiger partial charge in [-0.05, 0) is 35.7 Å². The highest BCUT2D eigenvalue weighted by molar-refractivity contribution is 5.97. The number of carbonyl (C=O) groups is 2. The van der Waals surface area contributed by atoms with Gasteiger partial charge in [-0.25, -0.2) is 0 Å². The van der Waals surface area contributed by atoms with Gasteiger partial charge < -0.3 is 24.3 Å². The van der Waals surface area contributed by atoms with Crippen LogP contribution >= 0.6 is 0 Å². The Labute approximate surface area is 185 Å². The van der Waals surface area contributed by atoms with Gasteiger partial charge in [0.2, 0.25) is 18.6 Å². The predicted molar refractivity (Wildman–Crippen MR) is 119 cm³/mol. The van der Waals surface area contributed by atoms with Gasteiger partial charge in [0.15, 0.2) is 11.5 Å². The number of nitrogens with zero attached hydrogens (tertiary/aromatic N) is 2. The van der Waals surface area contributed by atoms with Crippen LogP contribution in [0.1, 0.15) is 42.6 Å². The molecule has 6 rings (SSSR count). The standard InChI is InChI=1S/C25H25N3O4/c1-2-3-10-27-13-22(29)28-19(25(27)30)12-17-16-6-4-5-7-18(16)26-23(17)24(28)15-8-9-20-21(11-15)32-14-31-20/h4-9,11,19,24,26H,2-3,10,12-14H2,1H3/t19-,24-/m0/s1. The minimum Gasteiger partial charge on any atom is -0.454 e. The second-order valence-electron chi connectivity index (χ2n) is 8.71. The van der Waals surface area contributed by atoms with Crippen LogP contribution in [0.4, 0.5) is 0 Å². The molecule has 7 heteroatoms. The van der Waals surface area contributed by atoms with Gasteiger partial charge in [0.1, 0.15) is 6.04 Å². The summed E-state index contributed by atoms with van der Waals surface area (Å²) in [5, 5.41) is 1.11. The van der Waals surface area contributed by atoms with E-state index in [1.54, 1.807) is 9.80 Å². The quantitative estimate of drug-likeness (QED) is 0.687. The van der Waals surface area contributed by atoms with E-state index in [9.17, 15) is 9.59 Å². The molecule has 1 saturated heterocycles. The van der Waals surface area contributed by atoms with Crippen LogP contribution in [0.2, 0.25) is 0 Å². The zero-order valence-electron chi connectivity index (χ0n) is 18.0. The monoisotopic (exact) mass is 431 g/mol. The summed E-state index contributed by atoms with van der Waals surface area (Å²) in [5.41, 5.74) is 4.02. The molecular formula is C25H25N3O4.